The number of hydrogen-bond acceptors (Lipinski definition) is 2. The van der Waals surface area contributed by atoms with Gasteiger partial charge in [-0.25, -0.2) is 0 Å². The van der Waals surface area contributed by atoms with E-state index < -0.39 is 5.60 Å². The summed E-state index contributed by atoms with van der Waals surface area (Å²) in [6.07, 6.45) is 12.5. The SMILES string of the molecule is CC(=O)[C@@]1(O)CC[C@H]2[C@@H]3CC[C@H]4CCCC[C@]4(C)[C@H]3CC[C@@]21C. The minimum atomic E-state index is -1.05. The summed E-state index contributed by atoms with van der Waals surface area (Å²) in [5.74, 6) is 3.11. The van der Waals surface area contributed by atoms with Gasteiger partial charge in [0.25, 0.3) is 0 Å². The predicted octanol–water partition coefficient (Wildman–Crippen LogP) is 4.74. The average molecular weight is 319 g/mol. The largest absolute Gasteiger partial charge is 0.382 e. The first kappa shape index (κ1) is 16.1. The lowest BCUT2D eigenvalue weighted by Crippen LogP contribution is -2.58. The van der Waals surface area contributed by atoms with Crippen LogP contribution in [0.2, 0.25) is 0 Å². The highest BCUT2D eigenvalue weighted by atomic mass is 16.3. The Kier molecular flexibility index (Phi) is 3.55. The summed E-state index contributed by atoms with van der Waals surface area (Å²) < 4.78 is 0. The average Bonchev–Trinajstić information content (AvgIpc) is 2.80. The fourth-order valence-electron chi connectivity index (χ4n) is 7.89. The second-order valence-electron chi connectivity index (χ2n) is 9.81. The lowest BCUT2D eigenvalue weighted by Gasteiger charge is -2.61. The molecular formula is C21H34O2. The molecular weight excluding hydrogens is 284 g/mol. The van der Waals surface area contributed by atoms with Crippen molar-refractivity contribution in [2.24, 2.45) is 34.5 Å². The molecule has 0 saturated heterocycles. The monoisotopic (exact) mass is 318 g/mol. The molecule has 23 heavy (non-hydrogen) atoms. The Labute approximate surface area is 141 Å². The molecule has 0 bridgehead atoms. The molecule has 0 spiro atoms. The fraction of sp³-hybridized carbons (Fsp3) is 0.952. The van der Waals surface area contributed by atoms with Crippen LogP contribution in [0.3, 0.4) is 0 Å². The van der Waals surface area contributed by atoms with Crippen molar-refractivity contribution >= 4 is 5.78 Å². The summed E-state index contributed by atoms with van der Waals surface area (Å²) in [4.78, 5) is 12.2. The van der Waals surface area contributed by atoms with E-state index >= 15 is 0 Å². The van der Waals surface area contributed by atoms with Crippen LogP contribution in [0.25, 0.3) is 0 Å². The van der Waals surface area contributed by atoms with Crippen molar-refractivity contribution in [2.45, 2.75) is 90.6 Å². The van der Waals surface area contributed by atoms with Crippen molar-refractivity contribution in [1.29, 1.82) is 0 Å². The predicted molar refractivity (Wildman–Crippen MR) is 92.0 cm³/mol. The third-order valence-electron chi connectivity index (χ3n) is 9.32. The summed E-state index contributed by atoms with van der Waals surface area (Å²) in [5.41, 5.74) is -0.676. The van der Waals surface area contributed by atoms with Crippen LogP contribution in [-0.2, 0) is 4.79 Å². The van der Waals surface area contributed by atoms with Crippen molar-refractivity contribution in [2.75, 3.05) is 0 Å². The summed E-state index contributed by atoms with van der Waals surface area (Å²) in [7, 11) is 0. The Hall–Kier alpha value is -0.370. The summed E-state index contributed by atoms with van der Waals surface area (Å²) in [6.45, 7) is 6.43. The van der Waals surface area contributed by atoms with Gasteiger partial charge in [0.2, 0.25) is 0 Å². The normalized spacial score (nSPS) is 55.7. The summed E-state index contributed by atoms with van der Waals surface area (Å²) >= 11 is 0. The van der Waals surface area contributed by atoms with E-state index in [9.17, 15) is 9.90 Å². The smallest absolute Gasteiger partial charge is 0.161 e. The summed E-state index contributed by atoms with van der Waals surface area (Å²) in [5, 5.41) is 11.2. The van der Waals surface area contributed by atoms with Gasteiger partial charge >= 0.3 is 0 Å². The maximum absolute atomic E-state index is 12.2. The Balaban J connectivity index is 1.67. The van der Waals surface area contributed by atoms with Gasteiger partial charge < -0.3 is 5.11 Å². The van der Waals surface area contributed by atoms with Crippen molar-refractivity contribution in [3.8, 4) is 0 Å². The van der Waals surface area contributed by atoms with Gasteiger partial charge in [0, 0.05) is 5.41 Å². The van der Waals surface area contributed by atoms with Crippen LogP contribution < -0.4 is 0 Å². The number of rotatable bonds is 1. The second kappa shape index (κ2) is 5.07. The van der Waals surface area contributed by atoms with Crippen LogP contribution in [0, 0.1) is 34.5 Å². The molecule has 130 valence electrons. The van der Waals surface area contributed by atoms with Crippen LogP contribution in [-0.4, -0.2) is 16.5 Å². The standard InChI is InChI=1S/C21H34O2/c1-14(22)21(23)13-10-18-16-8-7-15-6-4-5-11-19(15,2)17(16)9-12-20(18,21)3/h15-18,23H,4-13H2,1-3H3/t15-,16-,17+,18+,19+,20+,21+/m1/s1. The first-order valence-corrected chi connectivity index (χ1v) is 10.1. The molecule has 2 heteroatoms. The van der Waals surface area contributed by atoms with Crippen LogP contribution >= 0.6 is 0 Å². The number of carbonyl (C=O) groups excluding carboxylic acids is 1. The van der Waals surface area contributed by atoms with Crippen LogP contribution in [0.15, 0.2) is 0 Å². The molecule has 4 saturated carbocycles. The molecule has 4 rings (SSSR count). The molecule has 4 aliphatic carbocycles. The maximum Gasteiger partial charge on any atom is 0.161 e. The topological polar surface area (TPSA) is 37.3 Å². The van der Waals surface area contributed by atoms with Gasteiger partial charge in [-0.1, -0.05) is 26.7 Å². The highest BCUT2D eigenvalue weighted by molar-refractivity contribution is 5.86. The van der Waals surface area contributed by atoms with E-state index in [1.165, 1.54) is 44.9 Å². The number of hydrogen-bond donors (Lipinski definition) is 1. The highest BCUT2D eigenvalue weighted by Crippen LogP contribution is 2.68. The zero-order chi connectivity index (χ0) is 16.5. The van der Waals surface area contributed by atoms with E-state index in [2.05, 4.69) is 13.8 Å². The third-order valence-corrected chi connectivity index (χ3v) is 9.32. The van der Waals surface area contributed by atoms with Gasteiger partial charge in [0.1, 0.15) is 5.60 Å². The lowest BCUT2D eigenvalue weighted by atomic mass is 9.44. The summed E-state index contributed by atoms with van der Waals surface area (Å²) in [6, 6.07) is 0. The van der Waals surface area contributed by atoms with Crippen molar-refractivity contribution in [3.63, 3.8) is 0 Å². The number of ketones is 1. The van der Waals surface area contributed by atoms with Gasteiger partial charge in [-0.15, -0.1) is 0 Å². The Morgan fingerprint density at radius 2 is 1.65 bits per heavy atom. The molecule has 1 N–H and O–H groups in total. The molecule has 7 atom stereocenters. The van der Waals surface area contributed by atoms with E-state index in [4.69, 9.17) is 0 Å². The Morgan fingerprint density at radius 3 is 2.39 bits per heavy atom. The molecule has 0 amide bonds. The number of fused-ring (bicyclic) bond motifs is 5. The molecule has 0 heterocycles. The number of carbonyl (C=O) groups is 1. The molecule has 4 fully saturated rings. The Bertz CT molecular complexity index is 514. The third kappa shape index (κ3) is 1.94. The van der Waals surface area contributed by atoms with Gasteiger partial charge in [-0.05, 0) is 87.4 Å². The second-order valence-corrected chi connectivity index (χ2v) is 9.81. The van der Waals surface area contributed by atoms with Crippen LogP contribution in [0.5, 0.6) is 0 Å². The van der Waals surface area contributed by atoms with Crippen LogP contribution in [0.1, 0.15) is 85.0 Å². The number of Topliss-reactive ketones (excluding diaryl/α,β-unsaturated/α-hetero) is 1. The van der Waals surface area contributed by atoms with E-state index in [-0.39, 0.29) is 11.2 Å². The van der Waals surface area contributed by atoms with Gasteiger partial charge in [0.05, 0.1) is 0 Å². The zero-order valence-corrected chi connectivity index (χ0v) is 15.2. The number of aliphatic hydroxyl groups is 1. The van der Waals surface area contributed by atoms with Crippen molar-refractivity contribution in [3.05, 3.63) is 0 Å². The molecule has 2 nitrogen and oxygen atoms in total. The minimum Gasteiger partial charge on any atom is -0.382 e. The van der Waals surface area contributed by atoms with Crippen molar-refractivity contribution < 1.29 is 9.90 Å². The molecule has 0 radical (unpaired) electrons. The van der Waals surface area contributed by atoms with E-state index in [1.807, 2.05) is 0 Å². The first-order chi connectivity index (χ1) is 10.8. The van der Waals surface area contributed by atoms with Crippen molar-refractivity contribution in [1.82, 2.24) is 0 Å². The quantitative estimate of drug-likeness (QED) is 0.758. The van der Waals surface area contributed by atoms with Gasteiger partial charge in [0.15, 0.2) is 5.78 Å². The zero-order valence-electron chi connectivity index (χ0n) is 15.2. The maximum atomic E-state index is 12.2. The Morgan fingerprint density at radius 1 is 0.913 bits per heavy atom. The first-order valence-electron chi connectivity index (χ1n) is 10.1. The molecule has 0 aromatic heterocycles. The van der Waals surface area contributed by atoms with Crippen LogP contribution in [0.4, 0.5) is 0 Å². The fourth-order valence-corrected chi connectivity index (χ4v) is 7.89. The molecule has 0 unspecified atom stereocenters. The van der Waals surface area contributed by atoms with E-state index in [0.717, 1.165) is 30.6 Å². The molecule has 0 aromatic carbocycles. The lowest BCUT2D eigenvalue weighted by molar-refractivity contribution is -0.167. The van der Waals surface area contributed by atoms with Gasteiger partial charge in [-0.2, -0.15) is 0 Å². The molecule has 0 aliphatic heterocycles. The molecule has 0 aromatic rings. The highest BCUT2D eigenvalue weighted by Gasteiger charge is 2.65. The van der Waals surface area contributed by atoms with Gasteiger partial charge in [-0.3, -0.25) is 4.79 Å². The molecule has 4 aliphatic rings. The van der Waals surface area contributed by atoms with E-state index in [0.29, 0.717) is 17.8 Å². The van der Waals surface area contributed by atoms with E-state index in [1.54, 1.807) is 6.92 Å². The minimum absolute atomic E-state index is 0.0125.